The van der Waals surface area contributed by atoms with Crippen LogP contribution in [-0.4, -0.2) is 68.1 Å². The highest BCUT2D eigenvalue weighted by Gasteiger charge is 2.17. The molecular weight excluding hydrogens is 344 g/mol. The number of ether oxygens (including phenoxy) is 2. The highest BCUT2D eigenvalue weighted by Crippen LogP contribution is 2.15. The maximum absolute atomic E-state index is 12.5. The van der Waals surface area contributed by atoms with E-state index in [0.717, 1.165) is 19.6 Å². The highest BCUT2D eigenvalue weighted by molar-refractivity contribution is 6.30. The summed E-state index contributed by atoms with van der Waals surface area (Å²) in [5.74, 6) is 0.0830. The van der Waals surface area contributed by atoms with Gasteiger partial charge in [0.15, 0.2) is 6.61 Å². The average Bonchev–Trinajstić information content (AvgIpc) is 2.63. The third-order valence-electron chi connectivity index (χ3n) is 3.92. The molecule has 7 heteroatoms. The molecule has 25 heavy (non-hydrogen) atoms. The minimum Gasteiger partial charge on any atom is -0.484 e. The first-order chi connectivity index (χ1) is 12.0. The monoisotopic (exact) mass is 370 g/mol. The summed E-state index contributed by atoms with van der Waals surface area (Å²) in [4.78, 5) is 27.7. The van der Waals surface area contributed by atoms with Crippen LogP contribution in [0.4, 0.5) is 0 Å². The van der Waals surface area contributed by atoms with Gasteiger partial charge in [0.2, 0.25) is 0 Å². The summed E-state index contributed by atoms with van der Waals surface area (Å²) >= 11 is 5.83. The number of hydrogen-bond donors (Lipinski definition) is 0. The summed E-state index contributed by atoms with van der Waals surface area (Å²) in [6.45, 7) is 7.51. The lowest BCUT2D eigenvalue weighted by Gasteiger charge is -2.26. The third-order valence-corrected chi connectivity index (χ3v) is 4.17. The number of carbonyl (C=O) groups excluding carboxylic acids is 2. The van der Waals surface area contributed by atoms with Crippen molar-refractivity contribution in [1.82, 2.24) is 9.80 Å². The molecule has 0 N–H and O–H groups in total. The quantitative estimate of drug-likeness (QED) is 0.560. The van der Waals surface area contributed by atoms with Crippen LogP contribution < -0.4 is 4.74 Å². The van der Waals surface area contributed by atoms with Crippen molar-refractivity contribution < 1.29 is 19.1 Å². The molecule has 0 heterocycles. The van der Waals surface area contributed by atoms with Gasteiger partial charge in [-0.1, -0.05) is 25.4 Å². The second kappa shape index (κ2) is 11.7. The number of carbonyl (C=O) groups is 2. The fourth-order valence-electron chi connectivity index (χ4n) is 2.26. The van der Waals surface area contributed by atoms with Crippen molar-refractivity contribution in [3.63, 3.8) is 0 Å². The summed E-state index contributed by atoms with van der Waals surface area (Å²) in [7, 11) is 1.34. The Morgan fingerprint density at radius 3 is 2.24 bits per heavy atom. The zero-order chi connectivity index (χ0) is 18.7. The van der Waals surface area contributed by atoms with Gasteiger partial charge in [-0.3, -0.25) is 9.59 Å². The molecule has 0 atom stereocenters. The molecule has 0 aliphatic heterocycles. The van der Waals surface area contributed by atoms with Crippen LogP contribution in [-0.2, 0) is 14.3 Å². The summed E-state index contributed by atoms with van der Waals surface area (Å²) in [6.07, 6.45) is 0.168. The first-order valence-electron chi connectivity index (χ1n) is 8.45. The van der Waals surface area contributed by atoms with E-state index in [0.29, 0.717) is 23.9 Å². The minimum atomic E-state index is -0.334. The molecule has 0 radical (unpaired) electrons. The van der Waals surface area contributed by atoms with Crippen LogP contribution in [0.3, 0.4) is 0 Å². The molecule has 0 saturated carbocycles. The van der Waals surface area contributed by atoms with Gasteiger partial charge in [-0.2, -0.15) is 0 Å². The fraction of sp³-hybridized carbons (Fsp3) is 0.556. The molecule has 0 spiro atoms. The second-order valence-electron chi connectivity index (χ2n) is 5.48. The number of methoxy groups -OCH3 is 1. The number of esters is 1. The summed E-state index contributed by atoms with van der Waals surface area (Å²) < 4.78 is 10.2. The maximum Gasteiger partial charge on any atom is 0.307 e. The van der Waals surface area contributed by atoms with E-state index in [9.17, 15) is 9.59 Å². The van der Waals surface area contributed by atoms with Crippen molar-refractivity contribution in [3.05, 3.63) is 29.3 Å². The normalized spacial score (nSPS) is 10.6. The van der Waals surface area contributed by atoms with Gasteiger partial charge in [-0.05, 0) is 37.4 Å². The number of hydrogen-bond acceptors (Lipinski definition) is 5. The van der Waals surface area contributed by atoms with E-state index in [1.165, 1.54) is 7.11 Å². The molecule has 0 aromatic heterocycles. The minimum absolute atomic E-state index is 0.0823. The van der Waals surface area contributed by atoms with E-state index in [2.05, 4.69) is 23.5 Å². The Morgan fingerprint density at radius 1 is 1.04 bits per heavy atom. The predicted molar refractivity (Wildman–Crippen MR) is 97.9 cm³/mol. The molecule has 0 unspecified atom stereocenters. The van der Waals surface area contributed by atoms with Crippen molar-refractivity contribution in [2.75, 3.05) is 46.4 Å². The predicted octanol–water partition coefficient (Wildman–Crippen LogP) is 2.45. The van der Waals surface area contributed by atoms with E-state index in [-0.39, 0.29) is 24.9 Å². The molecular formula is C18H27ClN2O4. The number of amides is 1. The SMILES string of the molecule is CCN(CC)CCN(CCC(=O)OC)C(=O)COc1ccc(Cl)cc1. The van der Waals surface area contributed by atoms with Gasteiger partial charge in [-0.25, -0.2) is 0 Å². The Kier molecular flexibility index (Phi) is 9.96. The number of likely N-dealkylation sites (N-methyl/N-ethyl adjacent to an activating group) is 1. The lowest BCUT2D eigenvalue weighted by Crippen LogP contribution is -2.42. The van der Waals surface area contributed by atoms with E-state index in [4.69, 9.17) is 16.3 Å². The Morgan fingerprint density at radius 2 is 1.68 bits per heavy atom. The van der Waals surface area contributed by atoms with Gasteiger partial charge >= 0.3 is 5.97 Å². The van der Waals surface area contributed by atoms with Crippen LogP contribution in [0.1, 0.15) is 20.3 Å². The number of rotatable bonds is 11. The summed E-state index contributed by atoms with van der Waals surface area (Å²) in [6, 6.07) is 6.84. The number of halogens is 1. The van der Waals surface area contributed by atoms with Crippen LogP contribution >= 0.6 is 11.6 Å². The lowest BCUT2D eigenvalue weighted by molar-refractivity contribution is -0.142. The number of benzene rings is 1. The molecule has 140 valence electrons. The third kappa shape index (κ3) is 8.23. The summed E-state index contributed by atoms with van der Waals surface area (Å²) in [5, 5.41) is 0.609. The Bertz CT molecular complexity index is 532. The molecule has 1 aromatic carbocycles. The molecule has 0 aliphatic carbocycles. The van der Waals surface area contributed by atoms with Crippen molar-refractivity contribution >= 4 is 23.5 Å². The topological polar surface area (TPSA) is 59.1 Å². The smallest absolute Gasteiger partial charge is 0.307 e. The first-order valence-corrected chi connectivity index (χ1v) is 8.83. The summed E-state index contributed by atoms with van der Waals surface area (Å²) in [5.41, 5.74) is 0. The number of nitrogens with zero attached hydrogens (tertiary/aromatic N) is 2. The van der Waals surface area contributed by atoms with Crippen LogP contribution in [0.15, 0.2) is 24.3 Å². The van der Waals surface area contributed by atoms with Crippen LogP contribution in [0, 0.1) is 0 Å². The van der Waals surface area contributed by atoms with E-state index < -0.39 is 0 Å². The molecule has 1 rings (SSSR count). The molecule has 0 bridgehead atoms. The van der Waals surface area contributed by atoms with Crippen molar-refractivity contribution in [2.45, 2.75) is 20.3 Å². The van der Waals surface area contributed by atoms with E-state index in [1.54, 1.807) is 29.2 Å². The molecule has 0 saturated heterocycles. The van der Waals surface area contributed by atoms with Crippen LogP contribution in [0.25, 0.3) is 0 Å². The largest absolute Gasteiger partial charge is 0.484 e. The highest BCUT2D eigenvalue weighted by atomic mass is 35.5. The van der Waals surface area contributed by atoms with E-state index in [1.807, 2.05) is 0 Å². The Balaban J connectivity index is 2.59. The van der Waals surface area contributed by atoms with Crippen LogP contribution in [0.2, 0.25) is 5.02 Å². The fourth-order valence-corrected chi connectivity index (χ4v) is 2.38. The first kappa shape index (κ1) is 21.3. The molecule has 1 aromatic rings. The average molecular weight is 371 g/mol. The second-order valence-corrected chi connectivity index (χ2v) is 5.91. The van der Waals surface area contributed by atoms with Crippen LogP contribution in [0.5, 0.6) is 5.75 Å². The Labute approximate surface area is 154 Å². The van der Waals surface area contributed by atoms with Crippen molar-refractivity contribution in [3.8, 4) is 5.75 Å². The van der Waals surface area contributed by atoms with Crippen molar-refractivity contribution in [2.24, 2.45) is 0 Å². The van der Waals surface area contributed by atoms with Gasteiger partial charge in [0.05, 0.1) is 13.5 Å². The van der Waals surface area contributed by atoms with Gasteiger partial charge in [0.25, 0.3) is 5.91 Å². The zero-order valence-corrected chi connectivity index (χ0v) is 15.9. The van der Waals surface area contributed by atoms with E-state index >= 15 is 0 Å². The van der Waals surface area contributed by atoms with Crippen molar-refractivity contribution in [1.29, 1.82) is 0 Å². The molecule has 6 nitrogen and oxygen atoms in total. The lowest BCUT2D eigenvalue weighted by atomic mass is 10.3. The maximum atomic E-state index is 12.5. The van der Waals surface area contributed by atoms with Gasteiger partial charge in [0.1, 0.15) is 5.75 Å². The Hall–Kier alpha value is -1.79. The van der Waals surface area contributed by atoms with Gasteiger partial charge in [0, 0.05) is 24.7 Å². The van der Waals surface area contributed by atoms with Gasteiger partial charge in [-0.15, -0.1) is 0 Å². The molecule has 1 amide bonds. The van der Waals surface area contributed by atoms with Gasteiger partial charge < -0.3 is 19.3 Å². The standard InChI is InChI=1S/C18H27ClN2O4/c1-4-20(5-2)12-13-21(11-10-18(23)24-3)17(22)14-25-16-8-6-15(19)7-9-16/h6-9H,4-5,10-14H2,1-3H3. The zero-order valence-electron chi connectivity index (χ0n) is 15.2. The molecule has 0 aliphatic rings. The molecule has 0 fully saturated rings.